The molecule has 2 aliphatic rings. The van der Waals surface area contributed by atoms with Crippen LogP contribution in [0, 0.1) is 5.41 Å². The van der Waals surface area contributed by atoms with E-state index in [0.717, 1.165) is 11.3 Å². The van der Waals surface area contributed by atoms with Crippen molar-refractivity contribution in [3.05, 3.63) is 29.7 Å². The Balaban J connectivity index is 1.74. The Kier molecular flexibility index (Phi) is 3.09. The van der Waals surface area contributed by atoms with Gasteiger partial charge in [-0.15, -0.1) is 0 Å². The van der Waals surface area contributed by atoms with E-state index in [9.17, 15) is 9.59 Å². The van der Waals surface area contributed by atoms with Gasteiger partial charge in [-0.1, -0.05) is 25.4 Å². The lowest BCUT2D eigenvalue weighted by atomic mass is 9.67. The molecule has 0 saturated carbocycles. The Morgan fingerprint density at radius 1 is 1.29 bits per heavy atom. The minimum absolute atomic E-state index is 0.246. The van der Waals surface area contributed by atoms with Gasteiger partial charge >= 0.3 is 6.03 Å². The molecule has 0 aromatic carbocycles. The molecule has 4 heterocycles. The van der Waals surface area contributed by atoms with Gasteiger partial charge in [0.2, 0.25) is 0 Å². The number of aromatic nitrogens is 2. The number of nitrogens with one attached hydrogen (secondary N) is 2. The number of piperidine rings is 1. The van der Waals surface area contributed by atoms with Crippen molar-refractivity contribution in [2.24, 2.45) is 5.41 Å². The van der Waals surface area contributed by atoms with E-state index in [-0.39, 0.29) is 5.91 Å². The largest absolute Gasteiger partial charge is 0.356 e. The van der Waals surface area contributed by atoms with Crippen molar-refractivity contribution in [1.82, 2.24) is 20.0 Å². The molecule has 1 unspecified atom stereocenters. The second-order valence-corrected chi connectivity index (χ2v) is 7.47. The summed E-state index contributed by atoms with van der Waals surface area (Å²) in [7, 11) is 0. The standard InChI is InChI=1S/C16H18ClN5O2/c1-15(2)8-21(6-5-16(15)13(23)19-14(24)20-16)12-11(17)4-3-10-7-18-9-22(10)12/h3-4,7,9H,5-6,8H2,1-2H3,(H2,19,20,23,24). The second-order valence-electron chi connectivity index (χ2n) is 7.06. The summed E-state index contributed by atoms with van der Waals surface area (Å²) in [5, 5.41) is 5.86. The number of hydrogen-bond acceptors (Lipinski definition) is 4. The van der Waals surface area contributed by atoms with Crippen molar-refractivity contribution >= 4 is 34.9 Å². The molecule has 1 atom stereocenters. The van der Waals surface area contributed by atoms with E-state index in [1.165, 1.54) is 0 Å². The van der Waals surface area contributed by atoms with E-state index in [4.69, 9.17) is 11.6 Å². The molecule has 0 aliphatic carbocycles. The predicted octanol–water partition coefficient (Wildman–Crippen LogP) is 1.80. The van der Waals surface area contributed by atoms with Gasteiger partial charge in [0.25, 0.3) is 5.91 Å². The summed E-state index contributed by atoms with van der Waals surface area (Å²) in [6.45, 7) is 5.17. The lowest BCUT2D eigenvalue weighted by Gasteiger charge is -2.50. The van der Waals surface area contributed by atoms with Crippen molar-refractivity contribution in [2.75, 3.05) is 18.0 Å². The fourth-order valence-electron chi connectivity index (χ4n) is 3.91. The van der Waals surface area contributed by atoms with E-state index >= 15 is 0 Å². The molecule has 4 rings (SSSR count). The molecule has 2 fully saturated rings. The highest BCUT2D eigenvalue weighted by Gasteiger charge is 2.58. The molecule has 2 aromatic rings. The summed E-state index contributed by atoms with van der Waals surface area (Å²) in [5.41, 5.74) is -0.386. The SMILES string of the molecule is CC1(C)CN(c2c(Cl)ccc3cncn23)CCC12NC(=O)NC2=O. The Morgan fingerprint density at radius 3 is 2.75 bits per heavy atom. The first kappa shape index (κ1) is 15.3. The van der Waals surface area contributed by atoms with E-state index in [1.807, 2.05) is 30.4 Å². The van der Waals surface area contributed by atoms with Crippen LogP contribution in [-0.2, 0) is 4.79 Å². The third-order valence-corrected chi connectivity index (χ3v) is 5.54. The summed E-state index contributed by atoms with van der Waals surface area (Å²) in [4.78, 5) is 30.4. The molecule has 2 saturated heterocycles. The maximum absolute atomic E-state index is 12.4. The highest BCUT2D eigenvalue weighted by atomic mass is 35.5. The number of amides is 3. The third kappa shape index (κ3) is 1.94. The minimum atomic E-state index is -0.879. The number of imidazole rings is 1. The van der Waals surface area contributed by atoms with Crippen LogP contribution in [-0.4, -0.2) is 40.0 Å². The van der Waals surface area contributed by atoms with Crippen LogP contribution >= 0.6 is 11.6 Å². The van der Waals surface area contributed by atoms with Crippen molar-refractivity contribution in [3.63, 3.8) is 0 Å². The normalized spacial score (nSPS) is 26.0. The van der Waals surface area contributed by atoms with Crippen LogP contribution in [0.1, 0.15) is 20.3 Å². The van der Waals surface area contributed by atoms with E-state index in [1.54, 1.807) is 12.5 Å². The summed E-state index contributed by atoms with van der Waals surface area (Å²) in [5.74, 6) is 0.614. The van der Waals surface area contributed by atoms with Crippen molar-refractivity contribution in [2.45, 2.75) is 25.8 Å². The van der Waals surface area contributed by atoms with Crippen molar-refractivity contribution in [3.8, 4) is 0 Å². The zero-order valence-electron chi connectivity index (χ0n) is 13.5. The number of urea groups is 1. The Morgan fingerprint density at radius 2 is 2.08 bits per heavy atom. The van der Waals surface area contributed by atoms with Crippen LogP contribution in [0.25, 0.3) is 5.52 Å². The second kappa shape index (κ2) is 4.86. The molecular formula is C16H18ClN5O2. The highest BCUT2D eigenvalue weighted by Crippen LogP contribution is 2.43. The van der Waals surface area contributed by atoms with Crippen LogP contribution < -0.4 is 15.5 Å². The first-order valence-corrected chi connectivity index (χ1v) is 8.21. The van der Waals surface area contributed by atoms with E-state index in [0.29, 0.717) is 24.5 Å². The average Bonchev–Trinajstić information content (AvgIpc) is 3.07. The van der Waals surface area contributed by atoms with Crippen LogP contribution in [0.2, 0.25) is 5.02 Å². The quantitative estimate of drug-likeness (QED) is 0.771. The Bertz CT molecular complexity index is 861. The maximum atomic E-state index is 12.4. The molecule has 24 heavy (non-hydrogen) atoms. The smallest absolute Gasteiger partial charge is 0.322 e. The van der Waals surface area contributed by atoms with Gasteiger partial charge in [-0.05, 0) is 18.6 Å². The molecule has 1 spiro atoms. The predicted molar refractivity (Wildman–Crippen MR) is 90.2 cm³/mol. The number of pyridine rings is 1. The van der Waals surface area contributed by atoms with Gasteiger partial charge in [0.15, 0.2) is 0 Å². The monoisotopic (exact) mass is 347 g/mol. The number of hydrogen-bond donors (Lipinski definition) is 2. The zero-order valence-corrected chi connectivity index (χ0v) is 14.2. The molecule has 126 valence electrons. The number of anilines is 1. The van der Waals surface area contributed by atoms with Crippen LogP contribution in [0.15, 0.2) is 24.7 Å². The van der Waals surface area contributed by atoms with Gasteiger partial charge in [-0.25, -0.2) is 9.78 Å². The number of carbonyl (C=O) groups excluding carboxylic acids is 2. The van der Waals surface area contributed by atoms with Gasteiger partial charge in [0.1, 0.15) is 17.7 Å². The van der Waals surface area contributed by atoms with E-state index in [2.05, 4.69) is 20.5 Å². The molecule has 0 bridgehead atoms. The first-order valence-electron chi connectivity index (χ1n) is 7.83. The number of carbonyl (C=O) groups is 2. The topological polar surface area (TPSA) is 78.7 Å². The molecule has 7 nitrogen and oxygen atoms in total. The van der Waals surface area contributed by atoms with Crippen LogP contribution in [0.5, 0.6) is 0 Å². The summed E-state index contributed by atoms with van der Waals surface area (Å²) < 4.78 is 1.95. The molecule has 3 amide bonds. The molecule has 2 aromatic heterocycles. The van der Waals surface area contributed by atoms with Gasteiger partial charge in [0.05, 0.1) is 16.7 Å². The fourth-order valence-corrected chi connectivity index (χ4v) is 4.19. The average molecular weight is 348 g/mol. The highest BCUT2D eigenvalue weighted by molar-refractivity contribution is 6.33. The maximum Gasteiger partial charge on any atom is 0.322 e. The molecule has 0 radical (unpaired) electrons. The molecule has 2 aliphatic heterocycles. The Hall–Kier alpha value is -2.28. The number of halogens is 1. The third-order valence-electron chi connectivity index (χ3n) is 5.25. The van der Waals surface area contributed by atoms with E-state index < -0.39 is 17.0 Å². The summed E-state index contributed by atoms with van der Waals surface area (Å²) in [6.07, 6.45) is 4.03. The molecular weight excluding hydrogens is 330 g/mol. The van der Waals surface area contributed by atoms with Gasteiger partial charge < -0.3 is 10.2 Å². The van der Waals surface area contributed by atoms with Gasteiger partial charge in [0, 0.05) is 18.5 Å². The number of nitrogens with zero attached hydrogens (tertiary/aromatic N) is 3. The Labute approximate surface area is 144 Å². The molecule has 8 heteroatoms. The number of fused-ring (bicyclic) bond motifs is 1. The summed E-state index contributed by atoms with van der Waals surface area (Å²) in [6, 6.07) is 3.35. The van der Waals surface area contributed by atoms with Crippen LogP contribution in [0.3, 0.4) is 0 Å². The summed E-state index contributed by atoms with van der Waals surface area (Å²) >= 11 is 6.45. The van der Waals surface area contributed by atoms with Gasteiger partial charge in [-0.3, -0.25) is 14.5 Å². The fraction of sp³-hybridized carbons (Fsp3) is 0.438. The first-order chi connectivity index (χ1) is 11.3. The molecule has 2 N–H and O–H groups in total. The number of rotatable bonds is 1. The number of imide groups is 1. The lowest BCUT2D eigenvalue weighted by molar-refractivity contribution is -0.129. The zero-order chi connectivity index (χ0) is 17.1. The lowest BCUT2D eigenvalue weighted by Crippen LogP contribution is -2.66. The minimum Gasteiger partial charge on any atom is -0.356 e. The van der Waals surface area contributed by atoms with Crippen molar-refractivity contribution in [1.29, 1.82) is 0 Å². The van der Waals surface area contributed by atoms with Gasteiger partial charge in [-0.2, -0.15) is 0 Å². The van der Waals surface area contributed by atoms with Crippen molar-refractivity contribution < 1.29 is 9.59 Å². The van der Waals surface area contributed by atoms with Crippen LogP contribution in [0.4, 0.5) is 10.6 Å².